The molecule has 192 valence electrons. The van der Waals surface area contributed by atoms with E-state index in [1.54, 1.807) is 0 Å². The maximum atomic E-state index is 13.4. The van der Waals surface area contributed by atoms with Crippen LogP contribution in [-0.2, 0) is 17.8 Å². The van der Waals surface area contributed by atoms with E-state index in [0.29, 0.717) is 17.9 Å². The minimum Gasteiger partial charge on any atom is -0.356 e. The molecule has 5 rings (SSSR count). The maximum absolute atomic E-state index is 13.4. The van der Waals surface area contributed by atoms with Gasteiger partial charge in [-0.25, -0.2) is 0 Å². The van der Waals surface area contributed by atoms with E-state index in [-0.39, 0.29) is 11.8 Å². The first kappa shape index (κ1) is 25.0. The Labute approximate surface area is 216 Å². The smallest absolute Gasteiger partial charge is 0.224 e. The van der Waals surface area contributed by atoms with E-state index in [1.165, 1.54) is 22.0 Å². The SMILES string of the molecule is CCCN1CC(C(=O)NCCCC(C)c2ccccn2)C[C@@H]2c3cccc4c3c(cn4CCC)C[C@H]21. The van der Waals surface area contributed by atoms with Crippen LogP contribution in [0.5, 0.6) is 0 Å². The summed E-state index contributed by atoms with van der Waals surface area (Å²) in [4.78, 5) is 20.5. The second kappa shape index (κ2) is 11.2. The normalized spacial score (nSPS) is 22.4. The van der Waals surface area contributed by atoms with Gasteiger partial charge in [0.05, 0.1) is 5.92 Å². The van der Waals surface area contributed by atoms with Gasteiger partial charge in [0.2, 0.25) is 5.91 Å². The van der Waals surface area contributed by atoms with Gasteiger partial charge in [-0.1, -0.05) is 39.0 Å². The highest BCUT2D eigenvalue weighted by Crippen LogP contribution is 2.45. The van der Waals surface area contributed by atoms with E-state index >= 15 is 0 Å². The number of amides is 1. The van der Waals surface area contributed by atoms with Gasteiger partial charge < -0.3 is 9.88 Å². The molecule has 0 spiro atoms. The topological polar surface area (TPSA) is 50.2 Å². The Balaban J connectivity index is 1.27. The zero-order valence-corrected chi connectivity index (χ0v) is 22.2. The third kappa shape index (κ3) is 4.95. The van der Waals surface area contributed by atoms with E-state index in [4.69, 9.17) is 0 Å². The summed E-state index contributed by atoms with van der Waals surface area (Å²) in [5, 5.41) is 4.76. The number of benzene rings is 1. The largest absolute Gasteiger partial charge is 0.356 e. The Kier molecular flexibility index (Phi) is 7.76. The molecule has 2 aromatic heterocycles. The summed E-state index contributed by atoms with van der Waals surface area (Å²) in [5.41, 5.74) is 5.48. The van der Waals surface area contributed by atoms with Crippen molar-refractivity contribution in [2.75, 3.05) is 19.6 Å². The van der Waals surface area contributed by atoms with Crippen molar-refractivity contribution < 1.29 is 4.79 Å². The lowest BCUT2D eigenvalue weighted by atomic mass is 9.72. The standard InChI is InChI=1S/C31H42N4O/c1-4-16-34-20-23-19-29-26(25-11-8-13-28(34)30(23)25)18-24(21-35(29)17-5-2)31(36)33-15-9-10-22(3)27-12-6-7-14-32-27/h6-8,11-14,20,22,24,26,29H,4-5,9-10,15-19,21H2,1-3H3,(H,33,36)/t22?,24?,26-,29-/m1/s1. The minimum absolute atomic E-state index is 0.0561. The van der Waals surface area contributed by atoms with Crippen LogP contribution in [0.4, 0.5) is 0 Å². The highest BCUT2D eigenvalue weighted by atomic mass is 16.1. The highest BCUT2D eigenvalue weighted by Gasteiger charge is 2.42. The highest BCUT2D eigenvalue weighted by molar-refractivity contribution is 5.89. The first-order valence-electron chi connectivity index (χ1n) is 14.1. The number of hydrogen-bond donors (Lipinski definition) is 1. The van der Waals surface area contributed by atoms with Crippen molar-refractivity contribution in [3.05, 3.63) is 65.6 Å². The Morgan fingerprint density at radius 2 is 2.00 bits per heavy atom. The van der Waals surface area contributed by atoms with E-state index in [2.05, 4.69) is 71.0 Å². The average molecular weight is 487 g/mol. The van der Waals surface area contributed by atoms with Crippen LogP contribution in [0.15, 0.2) is 48.8 Å². The third-order valence-electron chi connectivity index (χ3n) is 8.42. The van der Waals surface area contributed by atoms with Crippen molar-refractivity contribution in [2.24, 2.45) is 5.92 Å². The van der Waals surface area contributed by atoms with Gasteiger partial charge in [0, 0.05) is 60.6 Å². The number of fused-ring (bicyclic) bond motifs is 2. The number of pyridine rings is 1. The fourth-order valence-corrected chi connectivity index (χ4v) is 6.71. The molecule has 5 nitrogen and oxygen atoms in total. The Hall–Kier alpha value is -2.66. The molecule has 2 aliphatic rings. The number of likely N-dealkylation sites (tertiary alicyclic amines) is 1. The van der Waals surface area contributed by atoms with Gasteiger partial charge >= 0.3 is 0 Å². The molecule has 1 saturated heterocycles. The maximum Gasteiger partial charge on any atom is 0.224 e. The molecule has 2 unspecified atom stereocenters. The number of carbonyl (C=O) groups is 1. The van der Waals surface area contributed by atoms with Gasteiger partial charge in [-0.15, -0.1) is 0 Å². The monoisotopic (exact) mass is 486 g/mol. The van der Waals surface area contributed by atoms with Gasteiger partial charge in [0.25, 0.3) is 0 Å². The summed E-state index contributed by atoms with van der Waals surface area (Å²) in [6.45, 7) is 10.5. The van der Waals surface area contributed by atoms with Crippen LogP contribution in [0.25, 0.3) is 10.9 Å². The van der Waals surface area contributed by atoms with E-state index in [9.17, 15) is 4.79 Å². The third-order valence-corrected chi connectivity index (χ3v) is 8.42. The van der Waals surface area contributed by atoms with Gasteiger partial charge in [0.1, 0.15) is 0 Å². The molecule has 1 fully saturated rings. The number of rotatable bonds is 10. The van der Waals surface area contributed by atoms with Gasteiger partial charge in [-0.2, -0.15) is 0 Å². The quantitative estimate of drug-likeness (QED) is 0.364. The molecule has 1 amide bonds. The molecule has 3 heterocycles. The Morgan fingerprint density at radius 1 is 1.14 bits per heavy atom. The van der Waals surface area contributed by atoms with Crippen LogP contribution < -0.4 is 5.32 Å². The lowest BCUT2D eigenvalue weighted by molar-refractivity contribution is -0.127. The zero-order chi connectivity index (χ0) is 25.1. The Bertz CT molecular complexity index is 1170. The second-order valence-corrected chi connectivity index (χ2v) is 11.0. The van der Waals surface area contributed by atoms with Crippen LogP contribution in [0.2, 0.25) is 0 Å². The van der Waals surface area contributed by atoms with Crippen molar-refractivity contribution in [1.29, 1.82) is 0 Å². The molecule has 36 heavy (non-hydrogen) atoms. The van der Waals surface area contributed by atoms with Crippen LogP contribution >= 0.6 is 0 Å². The average Bonchev–Trinajstić information content (AvgIpc) is 3.26. The van der Waals surface area contributed by atoms with E-state index in [0.717, 1.165) is 70.4 Å². The van der Waals surface area contributed by atoms with Crippen LogP contribution in [-0.4, -0.2) is 46.0 Å². The fraction of sp³-hybridized carbons (Fsp3) is 0.548. The Morgan fingerprint density at radius 3 is 2.78 bits per heavy atom. The molecule has 5 heteroatoms. The molecular formula is C31H42N4O. The predicted molar refractivity (Wildman–Crippen MR) is 147 cm³/mol. The number of nitrogens with one attached hydrogen (secondary N) is 1. The number of nitrogens with zero attached hydrogens (tertiary/aromatic N) is 3. The van der Waals surface area contributed by atoms with Crippen LogP contribution in [0, 0.1) is 5.92 Å². The molecule has 1 aliphatic heterocycles. The predicted octanol–water partition coefficient (Wildman–Crippen LogP) is 5.89. The first-order valence-corrected chi connectivity index (χ1v) is 14.1. The van der Waals surface area contributed by atoms with Crippen molar-refractivity contribution >= 4 is 16.8 Å². The van der Waals surface area contributed by atoms with Crippen molar-refractivity contribution in [3.8, 4) is 0 Å². The fourth-order valence-electron chi connectivity index (χ4n) is 6.71. The first-order chi connectivity index (χ1) is 17.6. The summed E-state index contributed by atoms with van der Waals surface area (Å²) in [6.07, 6.45) is 10.6. The second-order valence-electron chi connectivity index (χ2n) is 11.0. The molecule has 0 radical (unpaired) electrons. The van der Waals surface area contributed by atoms with Crippen LogP contribution in [0.1, 0.15) is 81.5 Å². The summed E-state index contributed by atoms with van der Waals surface area (Å²) in [6, 6.07) is 13.4. The van der Waals surface area contributed by atoms with Crippen molar-refractivity contribution in [1.82, 2.24) is 19.8 Å². The molecule has 4 atom stereocenters. The number of carbonyl (C=O) groups excluding carboxylic acids is 1. The van der Waals surface area contributed by atoms with Crippen molar-refractivity contribution in [3.63, 3.8) is 0 Å². The van der Waals surface area contributed by atoms with Gasteiger partial charge in [0.15, 0.2) is 0 Å². The number of aryl methyl sites for hydroxylation is 1. The summed E-state index contributed by atoms with van der Waals surface area (Å²) in [5.74, 6) is 1.14. The summed E-state index contributed by atoms with van der Waals surface area (Å²) >= 11 is 0. The molecule has 3 aromatic rings. The van der Waals surface area contributed by atoms with Crippen molar-refractivity contribution in [2.45, 2.75) is 83.7 Å². The number of aromatic nitrogens is 2. The van der Waals surface area contributed by atoms with Gasteiger partial charge in [-0.3, -0.25) is 14.7 Å². The molecule has 1 aromatic carbocycles. The molecule has 0 bridgehead atoms. The van der Waals surface area contributed by atoms with E-state index in [1.807, 2.05) is 18.3 Å². The lowest BCUT2D eigenvalue weighted by Crippen LogP contribution is -2.53. The van der Waals surface area contributed by atoms with E-state index < -0.39 is 0 Å². The number of hydrogen-bond acceptors (Lipinski definition) is 3. The summed E-state index contributed by atoms with van der Waals surface area (Å²) in [7, 11) is 0. The lowest BCUT2D eigenvalue weighted by Gasteiger charge is -2.46. The number of piperidine rings is 1. The van der Waals surface area contributed by atoms with Crippen LogP contribution in [0.3, 0.4) is 0 Å². The molecular weight excluding hydrogens is 444 g/mol. The summed E-state index contributed by atoms with van der Waals surface area (Å²) < 4.78 is 2.45. The molecule has 1 aliphatic carbocycles. The molecule has 0 saturated carbocycles. The zero-order valence-electron chi connectivity index (χ0n) is 22.2. The minimum atomic E-state index is 0.0561. The van der Waals surface area contributed by atoms with Gasteiger partial charge in [-0.05, 0) is 80.3 Å². The molecule has 1 N–H and O–H groups in total.